The van der Waals surface area contributed by atoms with Crippen LogP contribution in [0, 0.1) is 17.5 Å². The summed E-state index contributed by atoms with van der Waals surface area (Å²) in [6, 6.07) is 9.85. The Bertz CT molecular complexity index is 1690. The molecule has 5 rings (SSSR count). The van der Waals surface area contributed by atoms with Crippen LogP contribution in [0.15, 0.2) is 59.6 Å². The molecule has 0 bridgehead atoms. The smallest absolute Gasteiger partial charge is 0.222 e. The summed E-state index contributed by atoms with van der Waals surface area (Å²) in [4.78, 5) is 20.4. The van der Waals surface area contributed by atoms with Crippen molar-refractivity contribution in [2.45, 2.75) is 36.3 Å². The zero-order chi connectivity index (χ0) is 28.4. The van der Waals surface area contributed by atoms with Crippen LogP contribution in [0.25, 0.3) is 21.7 Å². The molecule has 2 N–H and O–H groups in total. The maximum absolute atomic E-state index is 16.0. The highest BCUT2D eigenvalue weighted by Crippen LogP contribution is 2.42. The fourth-order valence-corrected chi connectivity index (χ4v) is 7.34. The summed E-state index contributed by atoms with van der Waals surface area (Å²) in [6.45, 7) is 3.02. The lowest BCUT2D eigenvalue weighted by Gasteiger charge is -2.20. The molecule has 12 heteroatoms. The zero-order valence-electron chi connectivity index (χ0n) is 21.4. The first-order valence-corrected chi connectivity index (χ1v) is 15.0. The van der Waals surface area contributed by atoms with E-state index in [-0.39, 0.29) is 23.0 Å². The van der Waals surface area contributed by atoms with Gasteiger partial charge in [0.2, 0.25) is 5.91 Å². The topological polar surface area (TPSA) is 101 Å². The van der Waals surface area contributed by atoms with E-state index >= 15 is 4.39 Å². The number of hydrogen-bond acceptors (Lipinski definition) is 7. The third-order valence-corrected chi connectivity index (χ3v) is 9.51. The van der Waals surface area contributed by atoms with Crippen LogP contribution in [0.5, 0.6) is 0 Å². The van der Waals surface area contributed by atoms with Crippen molar-refractivity contribution in [1.29, 1.82) is 0 Å². The second-order valence-corrected chi connectivity index (χ2v) is 12.5. The Morgan fingerprint density at radius 3 is 2.62 bits per heavy atom. The number of nitrogens with zero attached hydrogens (tertiary/aromatic N) is 2. The molecule has 40 heavy (non-hydrogen) atoms. The molecule has 4 aromatic rings. The number of piperidine rings is 1. The van der Waals surface area contributed by atoms with Gasteiger partial charge in [0.15, 0.2) is 9.84 Å². The molecule has 3 heterocycles. The SMILES string of the molecule is CC(=O)Nc1cc(-c2sc(C3CCNCC3)nc2-c2cccc(CS(=O)(=O)c3cc(F)ccc3F)c2F)ccn1. The number of amides is 1. The minimum absolute atomic E-state index is 0.0803. The van der Waals surface area contributed by atoms with Gasteiger partial charge in [0.1, 0.15) is 28.2 Å². The number of thiazole rings is 1. The number of sulfone groups is 1. The van der Waals surface area contributed by atoms with Gasteiger partial charge in [-0.3, -0.25) is 4.79 Å². The Morgan fingerprint density at radius 2 is 1.88 bits per heavy atom. The van der Waals surface area contributed by atoms with Gasteiger partial charge >= 0.3 is 0 Å². The molecule has 0 aliphatic carbocycles. The van der Waals surface area contributed by atoms with Crippen LogP contribution in [0.4, 0.5) is 19.0 Å². The molecule has 1 aliphatic heterocycles. The summed E-state index contributed by atoms with van der Waals surface area (Å²) >= 11 is 1.41. The normalized spacial score (nSPS) is 14.3. The molecular formula is C28H25F3N4O3S2. The number of aromatic nitrogens is 2. The van der Waals surface area contributed by atoms with E-state index in [1.54, 1.807) is 12.1 Å². The molecule has 0 unspecified atom stereocenters. The molecule has 0 spiro atoms. The third kappa shape index (κ3) is 5.93. The van der Waals surface area contributed by atoms with E-state index in [2.05, 4.69) is 15.6 Å². The fourth-order valence-electron chi connectivity index (χ4n) is 4.65. The van der Waals surface area contributed by atoms with Crippen molar-refractivity contribution in [2.75, 3.05) is 18.4 Å². The molecule has 0 saturated carbocycles. The molecule has 1 fully saturated rings. The van der Waals surface area contributed by atoms with E-state index in [9.17, 15) is 22.0 Å². The van der Waals surface area contributed by atoms with E-state index < -0.39 is 37.9 Å². The van der Waals surface area contributed by atoms with E-state index in [1.165, 1.54) is 42.7 Å². The molecule has 208 valence electrons. The van der Waals surface area contributed by atoms with E-state index in [0.717, 1.165) is 43.1 Å². The van der Waals surface area contributed by atoms with Crippen LogP contribution in [-0.4, -0.2) is 37.4 Å². The highest BCUT2D eigenvalue weighted by atomic mass is 32.2. The second-order valence-electron chi connectivity index (χ2n) is 9.48. The van der Waals surface area contributed by atoms with Gasteiger partial charge in [-0.1, -0.05) is 12.1 Å². The minimum Gasteiger partial charge on any atom is -0.317 e. The van der Waals surface area contributed by atoms with Crippen LogP contribution in [-0.2, 0) is 20.4 Å². The van der Waals surface area contributed by atoms with Gasteiger partial charge in [0, 0.05) is 30.2 Å². The Balaban J connectivity index is 1.59. The lowest BCUT2D eigenvalue weighted by Crippen LogP contribution is -2.26. The molecule has 1 aliphatic rings. The maximum atomic E-state index is 16.0. The number of rotatable bonds is 7. The number of pyridine rings is 1. The Labute approximate surface area is 233 Å². The largest absolute Gasteiger partial charge is 0.317 e. The van der Waals surface area contributed by atoms with Crippen LogP contribution >= 0.6 is 11.3 Å². The number of nitrogens with one attached hydrogen (secondary N) is 2. The Morgan fingerprint density at radius 1 is 1.10 bits per heavy atom. The van der Waals surface area contributed by atoms with Crippen LogP contribution in [0.3, 0.4) is 0 Å². The standard InChI is InChI=1S/C28H25F3N4O3S2/c1-16(36)34-24-13-18(9-12-33-24)27-26(35-28(39-27)17-7-10-32-11-8-17)21-4-2-3-19(25(21)31)15-40(37,38)23-14-20(29)5-6-22(23)30/h2-6,9,12-14,17,32H,7-8,10-11,15H2,1H3,(H,33,34,36). The van der Waals surface area contributed by atoms with E-state index in [0.29, 0.717) is 28.0 Å². The molecule has 7 nitrogen and oxygen atoms in total. The summed E-state index contributed by atoms with van der Waals surface area (Å²) < 4.78 is 69.9. The number of hydrogen-bond donors (Lipinski definition) is 2. The van der Waals surface area contributed by atoms with Crippen LogP contribution in [0.2, 0.25) is 0 Å². The van der Waals surface area contributed by atoms with Gasteiger partial charge < -0.3 is 10.6 Å². The maximum Gasteiger partial charge on any atom is 0.222 e. The molecule has 2 aromatic heterocycles. The van der Waals surface area contributed by atoms with Gasteiger partial charge in [-0.05, 0) is 67.9 Å². The molecule has 1 amide bonds. The van der Waals surface area contributed by atoms with Gasteiger partial charge in [-0.15, -0.1) is 11.3 Å². The average Bonchev–Trinajstić information content (AvgIpc) is 3.37. The quantitative estimate of drug-likeness (QED) is 0.289. The summed E-state index contributed by atoms with van der Waals surface area (Å²) in [5.74, 6) is -3.51. The molecule has 0 radical (unpaired) electrons. The zero-order valence-corrected chi connectivity index (χ0v) is 23.0. The van der Waals surface area contributed by atoms with Gasteiger partial charge in [-0.25, -0.2) is 31.6 Å². The van der Waals surface area contributed by atoms with Crippen molar-refractivity contribution < 1.29 is 26.4 Å². The third-order valence-electron chi connectivity index (χ3n) is 6.57. The number of benzene rings is 2. The van der Waals surface area contributed by atoms with Crippen molar-refractivity contribution in [3.05, 3.63) is 82.8 Å². The van der Waals surface area contributed by atoms with Crippen molar-refractivity contribution in [3.8, 4) is 21.7 Å². The van der Waals surface area contributed by atoms with E-state index in [4.69, 9.17) is 4.98 Å². The highest BCUT2D eigenvalue weighted by Gasteiger charge is 2.27. The first-order chi connectivity index (χ1) is 19.1. The van der Waals surface area contributed by atoms with Gasteiger partial charge in [0.25, 0.3) is 0 Å². The van der Waals surface area contributed by atoms with Crippen molar-refractivity contribution in [3.63, 3.8) is 0 Å². The lowest BCUT2D eigenvalue weighted by atomic mass is 9.99. The average molecular weight is 587 g/mol. The van der Waals surface area contributed by atoms with Gasteiger partial charge in [0.05, 0.1) is 21.3 Å². The van der Waals surface area contributed by atoms with Crippen LogP contribution in [0.1, 0.15) is 36.3 Å². The van der Waals surface area contributed by atoms with Crippen molar-refractivity contribution in [1.82, 2.24) is 15.3 Å². The highest BCUT2D eigenvalue weighted by molar-refractivity contribution is 7.90. The second kappa shape index (κ2) is 11.5. The monoisotopic (exact) mass is 586 g/mol. The first-order valence-electron chi connectivity index (χ1n) is 12.5. The molecule has 0 atom stereocenters. The predicted molar refractivity (Wildman–Crippen MR) is 147 cm³/mol. The number of halogens is 3. The van der Waals surface area contributed by atoms with Gasteiger partial charge in [-0.2, -0.15) is 0 Å². The summed E-state index contributed by atoms with van der Waals surface area (Å²) in [6.07, 6.45) is 3.25. The van der Waals surface area contributed by atoms with E-state index in [1.807, 2.05) is 0 Å². The lowest BCUT2D eigenvalue weighted by molar-refractivity contribution is -0.114. The predicted octanol–water partition coefficient (Wildman–Crippen LogP) is 5.69. The number of carbonyl (C=O) groups is 1. The summed E-state index contributed by atoms with van der Waals surface area (Å²) in [5, 5.41) is 6.78. The summed E-state index contributed by atoms with van der Waals surface area (Å²) in [5.41, 5.74) is 0.867. The Kier molecular flexibility index (Phi) is 8.02. The van der Waals surface area contributed by atoms with Crippen LogP contribution < -0.4 is 10.6 Å². The summed E-state index contributed by atoms with van der Waals surface area (Å²) in [7, 11) is -4.41. The molecular weight excluding hydrogens is 561 g/mol. The van der Waals surface area contributed by atoms with Crippen molar-refractivity contribution in [2.24, 2.45) is 0 Å². The van der Waals surface area contributed by atoms with Crippen molar-refractivity contribution >= 4 is 32.9 Å². The molecule has 2 aromatic carbocycles. The fraction of sp³-hybridized carbons (Fsp3) is 0.250. The number of anilines is 1. The Hall–Kier alpha value is -3.61. The molecule has 1 saturated heterocycles. The number of carbonyl (C=O) groups excluding carboxylic acids is 1. The minimum atomic E-state index is -4.41. The first kappa shape index (κ1) is 27.9.